The molecule has 0 spiro atoms. The van der Waals surface area contributed by atoms with Gasteiger partial charge in [-0.2, -0.15) is 49.0 Å². The molecule has 2 aromatic rings. The first-order valence-electron chi connectivity index (χ1n) is 7.50. The standard InChI is InChI=1S/C16H8F10N2O2/c17-13(18,15(22,23)16(24,25)26)12(29)28-27-7-10-4-5-11(30-10)8-2-1-3-9(6-8)14(19,20)21/h1-7H,(H,28,29)/b27-7+. The summed E-state index contributed by atoms with van der Waals surface area (Å²) in [5.74, 6) is -16.3. The van der Waals surface area contributed by atoms with Gasteiger partial charge in [-0.05, 0) is 24.3 Å². The summed E-state index contributed by atoms with van der Waals surface area (Å²) in [7, 11) is 0. The molecule has 0 bridgehead atoms. The number of benzene rings is 1. The maximum atomic E-state index is 13.1. The van der Waals surface area contributed by atoms with E-state index in [9.17, 15) is 48.7 Å². The molecule has 164 valence electrons. The summed E-state index contributed by atoms with van der Waals surface area (Å²) in [5.41, 5.74) is -0.212. The van der Waals surface area contributed by atoms with Crippen molar-refractivity contribution in [3.8, 4) is 11.3 Å². The van der Waals surface area contributed by atoms with E-state index in [1.165, 1.54) is 6.07 Å². The minimum absolute atomic E-state index is 0.0372. The van der Waals surface area contributed by atoms with Crippen molar-refractivity contribution in [1.29, 1.82) is 0 Å². The van der Waals surface area contributed by atoms with Gasteiger partial charge >= 0.3 is 30.1 Å². The highest BCUT2D eigenvalue weighted by Gasteiger charge is 2.76. The van der Waals surface area contributed by atoms with Gasteiger partial charge in [-0.3, -0.25) is 4.79 Å². The Morgan fingerprint density at radius 1 is 0.933 bits per heavy atom. The van der Waals surface area contributed by atoms with Gasteiger partial charge in [-0.15, -0.1) is 0 Å². The van der Waals surface area contributed by atoms with Crippen molar-refractivity contribution < 1.29 is 53.1 Å². The quantitative estimate of drug-likeness (QED) is 0.385. The molecular formula is C16H8F10N2O2. The average Bonchev–Trinajstić information content (AvgIpc) is 3.08. The molecular weight excluding hydrogens is 442 g/mol. The van der Waals surface area contributed by atoms with Crippen LogP contribution in [0, 0.1) is 0 Å². The number of nitrogens with one attached hydrogen (secondary N) is 1. The van der Waals surface area contributed by atoms with Gasteiger partial charge in [0.15, 0.2) is 0 Å². The topological polar surface area (TPSA) is 54.6 Å². The zero-order chi connectivity index (χ0) is 23.0. The maximum Gasteiger partial charge on any atom is 0.460 e. The highest BCUT2D eigenvalue weighted by molar-refractivity contribution is 5.86. The Labute approximate surface area is 160 Å². The molecule has 0 radical (unpaired) electrons. The molecule has 14 heteroatoms. The highest BCUT2D eigenvalue weighted by Crippen LogP contribution is 2.46. The van der Waals surface area contributed by atoms with Crippen LogP contribution < -0.4 is 5.43 Å². The van der Waals surface area contributed by atoms with Gasteiger partial charge in [-0.25, -0.2) is 5.43 Å². The Hall–Kier alpha value is -3.06. The Balaban J connectivity index is 2.13. The summed E-state index contributed by atoms with van der Waals surface area (Å²) in [6, 6.07) is 6.06. The third-order valence-electron chi connectivity index (χ3n) is 3.49. The maximum absolute atomic E-state index is 13.1. The van der Waals surface area contributed by atoms with Crippen molar-refractivity contribution in [3.63, 3.8) is 0 Å². The number of alkyl halides is 10. The number of carbonyl (C=O) groups excluding carboxylic acids is 1. The molecule has 0 unspecified atom stereocenters. The fourth-order valence-electron chi connectivity index (χ4n) is 1.97. The SMILES string of the molecule is O=C(N/N=C/c1ccc(-c2cccc(C(F)(F)F)c2)o1)C(F)(F)C(F)(F)C(F)(F)F. The van der Waals surface area contributed by atoms with Gasteiger partial charge in [0.25, 0.3) is 0 Å². The van der Waals surface area contributed by atoms with Crippen LogP contribution >= 0.6 is 0 Å². The first-order chi connectivity index (χ1) is 13.6. The molecule has 1 N–H and O–H groups in total. The summed E-state index contributed by atoms with van der Waals surface area (Å²) >= 11 is 0. The van der Waals surface area contributed by atoms with E-state index in [-0.39, 0.29) is 17.1 Å². The molecule has 1 heterocycles. The molecule has 0 atom stereocenters. The van der Waals surface area contributed by atoms with Crippen LogP contribution in [-0.2, 0) is 11.0 Å². The van der Waals surface area contributed by atoms with Gasteiger partial charge in [0.1, 0.15) is 11.5 Å². The van der Waals surface area contributed by atoms with E-state index in [0.29, 0.717) is 6.21 Å². The molecule has 0 aliphatic carbocycles. The lowest BCUT2D eigenvalue weighted by molar-refractivity contribution is -0.344. The summed E-state index contributed by atoms with van der Waals surface area (Å²) in [6.07, 6.45) is -10.9. The number of halogens is 10. The molecule has 0 aliphatic heterocycles. The molecule has 4 nitrogen and oxygen atoms in total. The number of hydrogen-bond acceptors (Lipinski definition) is 3. The van der Waals surface area contributed by atoms with Gasteiger partial charge in [0.2, 0.25) is 0 Å². The van der Waals surface area contributed by atoms with E-state index in [2.05, 4.69) is 5.10 Å². The molecule has 30 heavy (non-hydrogen) atoms. The van der Waals surface area contributed by atoms with E-state index in [1.807, 2.05) is 0 Å². The predicted molar refractivity (Wildman–Crippen MR) is 80.8 cm³/mol. The molecule has 0 saturated heterocycles. The van der Waals surface area contributed by atoms with Crippen LogP contribution in [0.15, 0.2) is 45.9 Å². The lowest BCUT2D eigenvalue weighted by atomic mass is 10.1. The summed E-state index contributed by atoms with van der Waals surface area (Å²) in [6.45, 7) is 0. The molecule has 2 rings (SSSR count). The van der Waals surface area contributed by atoms with Crippen LogP contribution in [0.3, 0.4) is 0 Å². The Bertz CT molecular complexity index is 944. The second-order valence-corrected chi connectivity index (χ2v) is 5.63. The van der Waals surface area contributed by atoms with Crippen LogP contribution in [0.25, 0.3) is 11.3 Å². The predicted octanol–water partition coefficient (Wildman–Crippen LogP) is 5.25. The second kappa shape index (κ2) is 7.65. The number of carbonyl (C=O) groups is 1. The highest BCUT2D eigenvalue weighted by atomic mass is 19.4. The number of nitrogens with zero attached hydrogens (tertiary/aromatic N) is 1. The lowest BCUT2D eigenvalue weighted by Gasteiger charge is -2.26. The minimum atomic E-state index is -6.70. The lowest BCUT2D eigenvalue weighted by Crippen LogP contribution is -2.58. The van der Waals surface area contributed by atoms with E-state index in [0.717, 1.165) is 35.8 Å². The molecule has 1 aromatic heterocycles. The Morgan fingerprint density at radius 2 is 1.57 bits per heavy atom. The largest absolute Gasteiger partial charge is 0.460 e. The molecule has 0 saturated carbocycles. The Kier molecular flexibility index (Phi) is 5.92. The zero-order valence-electron chi connectivity index (χ0n) is 14.1. The van der Waals surface area contributed by atoms with Crippen molar-refractivity contribution in [1.82, 2.24) is 5.43 Å². The zero-order valence-corrected chi connectivity index (χ0v) is 14.1. The van der Waals surface area contributed by atoms with Gasteiger partial charge in [-0.1, -0.05) is 12.1 Å². The first kappa shape index (κ1) is 23.2. The van der Waals surface area contributed by atoms with Gasteiger partial charge in [0.05, 0.1) is 11.8 Å². The third kappa shape index (κ3) is 4.57. The van der Waals surface area contributed by atoms with Crippen molar-refractivity contribution in [2.75, 3.05) is 0 Å². The van der Waals surface area contributed by atoms with Crippen LogP contribution in [-0.4, -0.2) is 30.1 Å². The number of hydrogen-bond donors (Lipinski definition) is 1. The monoisotopic (exact) mass is 450 g/mol. The fraction of sp³-hybridized carbons (Fsp3) is 0.250. The summed E-state index contributed by atoms with van der Waals surface area (Å²) in [5, 5.41) is 2.79. The van der Waals surface area contributed by atoms with Crippen LogP contribution in [0.5, 0.6) is 0 Å². The van der Waals surface area contributed by atoms with Crippen molar-refractivity contribution >= 4 is 12.1 Å². The summed E-state index contributed by atoms with van der Waals surface area (Å²) < 4.78 is 131. The second-order valence-electron chi connectivity index (χ2n) is 5.63. The van der Waals surface area contributed by atoms with Gasteiger partial charge < -0.3 is 4.42 Å². The minimum Gasteiger partial charge on any atom is -0.455 e. The molecule has 1 amide bonds. The Morgan fingerprint density at radius 3 is 2.13 bits per heavy atom. The van der Waals surface area contributed by atoms with E-state index in [1.54, 1.807) is 0 Å². The normalized spacial score (nSPS) is 13.7. The summed E-state index contributed by atoms with van der Waals surface area (Å²) in [4.78, 5) is 11.0. The third-order valence-corrected chi connectivity index (χ3v) is 3.49. The van der Waals surface area contributed by atoms with Crippen LogP contribution in [0.2, 0.25) is 0 Å². The molecule has 0 aliphatic rings. The number of rotatable bonds is 5. The fourth-order valence-corrected chi connectivity index (χ4v) is 1.97. The van der Waals surface area contributed by atoms with E-state index >= 15 is 0 Å². The first-order valence-corrected chi connectivity index (χ1v) is 7.50. The number of furan rings is 1. The van der Waals surface area contributed by atoms with Gasteiger partial charge in [0, 0.05) is 5.56 Å². The average molecular weight is 450 g/mol. The smallest absolute Gasteiger partial charge is 0.455 e. The number of amides is 1. The van der Waals surface area contributed by atoms with Crippen molar-refractivity contribution in [3.05, 3.63) is 47.7 Å². The van der Waals surface area contributed by atoms with E-state index < -0.39 is 35.7 Å². The van der Waals surface area contributed by atoms with Crippen LogP contribution in [0.1, 0.15) is 11.3 Å². The van der Waals surface area contributed by atoms with Crippen molar-refractivity contribution in [2.24, 2.45) is 5.10 Å². The van der Waals surface area contributed by atoms with Crippen molar-refractivity contribution in [2.45, 2.75) is 24.2 Å². The molecule has 0 fully saturated rings. The van der Waals surface area contributed by atoms with E-state index in [4.69, 9.17) is 4.42 Å². The molecule has 1 aromatic carbocycles. The van der Waals surface area contributed by atoms with Crippen LogP contribution in [0.4, 0.5) is 43.9 Å². The number of hydrazone groups is 1.